The predicted molar refractivity (Wildman–Crippen MR) is 119 cm³/mol. The van der Waals surface area contributed by atoms with Crippen molar-refractivity contribution in [3.63, 3.8) is 0 Å². The van der Waals surface area contributed by atoms with Gasteiger partial charge in [0.25, 0.3) is 0 Å². The zero-order chi connectivity index (χ0) is 20.4. The van der Waals surface area contributed by atoms with Gasteiger partial charge in [0.2, 0.25) is 11.8 Å². The van der Waals surface area contributed by atoms with E-state index in [1.54, 1.807) is 23.6 Å². The van der Waals surface area contributed by atoms with E-state index in [0.29, 0.717) is 25.3 Å². The minimum atomic E-state index is -0.514. The first kappa shape index (κ1) is 22.5. The Morgan fingerprint density at radius 3 is 2.57 bits per heavy atom. The fraction of sp³-hybridized carbons (Fsp3) is 0.364. The van der Waals surface area contributed by atoms with E-state index in [0.717, 1.165) is 21.4 Å². The summed E-state index contributed by atoms with van der Waals surface area (Å²) in [5, 5.41) is 2.90. The summed E-state index contributed by atoms with van der Waals surface area (Å²) in [4.78, 5) is 28.3. The summed E-state index contributed by atoms with van der Waals surface area (Å²) in [6, 6.07) is 17.4. The van der Waals surface area contributed by atoms with E-state index in [9.17, 15) is 9.59 Å². The third-order valence-corrected chi connectivity index (χ3v) is 5.79. The molecule has 28 heavy (non-hydrogen) atoms. The summed E-state index contributed by atoms with van der Waals surface area (Å²) in [5.41, 5.74) is 0.994. The van der Waals surface area contributed by atoms with Crippen molar-refractivity contribution in [2.24, 2.45) is 0 Å². The molecule has 2 rings (SSSR count). The second kappa shape index (κ2) is 11.9. The van der Waals surface area contributed by atoms with Gasteiger partial charge in [0.15, 0.2) is 0 Å². The highest BCUT2D eigenvalue weighted by Gasteiger charge is 2.25. The molecule has 2 amide bonds. The lowest BCUT2D eigenvalue weighted by molar-refractivity contribution is -0.140. The average Bonchev–Trinajstić information content (AvgIpc) is 2.70. The molecule has 0 saturated heterocycles. The first-order valence-corrected chi connectivity index (χ1v) is 11.3. The molecule has 0 aliphatic heterocycles. The lowest BCUT2D eigenvalue weighted by Gasteiger charge is -2.29. The van der Waals surface area contributed by atoms with Gasteiger partial charge in [0, 0.05) is 34.6 Å². The van der Waals surface area contributed by atoms with Crippen molar-refractivity contribution < 1.29 is 9.59 Å². The third-order valence-electron chi connectivity index (χ3n) is 4.29. The molecule has 0 fully saturated rings. The molecule has 0 aromatic heterocycles. The van der Waals surface area contributed by atoms with Gasteiger partial charge in [-0.15, -0.1) is 11.8 Å². The van der Waals surface area contributed by atoms with Gasteiger partial charge < -0.3 is 10.2 Å². The standard InChI is InChI=1S/C22H27BrN2O2S/c1-3-13-24-22(27)17(2)25(16-18-8-7-9-19(23)15-18)21(26)12-14-28-20-10-5-4-6-11-20/h4-11,15,17H,3,12-14,16H2,1-2H3,(H,24,27)/t17-/m1/s1. The number of rotatable bonds is 10. The molecule has 2 aromatic rings. The molecule has 150 valence electrons. The quantitative estimate of drug-likeness (QED) is 0.512. The van der Waals surface area contributed by atoms with Crippen LogP contribution in [0.5, 0.6) is 0 Å². The van der Waals surface area contributed by atoms with E-state index < -0.39 is 6.04 Å². The Kier molecular flexibility index (Phi) is 9.58. The molecule has 2 aromatic carbocycles. The molecule has 0 saturated carbocycles. The number of benzene rings is 2. The van der Waals surface area contributed by atoms with Crippen LogP contribution in [0.4, 0.5) is 0 Å². The fourth-order valence-electron chi connectivity index (χ4n) is 2.73. The Hall–Kier alpha value is -1.79. The van der Waals surface area contributed by atoms with E-state index in [-0.39, 0.29) is 11.8 Å². The molecule has 0 bridgehead atoms. The zero-order valence-electron chi connectivity index (χ0n) is 16.4. The van der Waals surface area contributed by atoms with Crippen LogP contribution in [-0.2, 0) is 16.1 Å². The van der Waals surface area contributed by atoms with Gasteiger partial charge in [-0.2, -0.15) is 0 Å². The Morgan fingerprint density at radius 2 is 1.89 bits per heavy atom. The number of nitrogens with zero attached hydrogens (tertiary/aromatic N) is 1. The average molecular weight is 463 g/mol. The second-order valence-corrected chi connectivity index (χ2v) is 8.61. The Balaban J connectivity index is 2.04. The zero-order valence-corrected chi connectivity index (χ0v) is 18.8. The number of hydrogen-bond acceptors (Lipinski definition) is 3. The number of carbonyl (C=O) groups is 2. The van der Waals surface area contributed by atoms with Crippen molar-refractivity contribution in [2.75, 3.05) is 12.3 Å². The molecule has 0 heterocycles. The van der Waals surface area contributed by atoms with Crippen LogP contribution in [-0.4, -0.2) is 35.1 Å². The lowest BCUT2D eigenvalue weighted by Crippen LogP contribution is -2.47. The molecular weight excluding hydrogens is 436 g/mol. The highest BCUT2D eigenvalue weighted by atomic mass is 79.9. The van der Waals surface area contributed by atoms with Gasteiger partial charge in [-0.05, 0) is 43.2 Å². The van der Waals surface area contributed by atoms with Crippen LogP contribution in [0.25, 0.3) is 0 Å². The summed E-state index contributed by atoms with van der Waals surface area (Å²) in [7, 11) is 0. The summed E-state index contributed by atoms with van der Waals surface area (Å²) in [6.45, 7) is 4.84. The van der Waals surface area contributed by atoms with Crippen LogP contribution in [0.1, 0.15) is 32.3 Å². The van der Waals surface area contributed by atoms with E-state index in [4.69, 9.17) is 0 Å². The van der Waals surface area contributed by atoms with Crippen molar-refractivity contribution >= 4 is 39.5 Å². The summed E-state index contributed by atoms with van der Waals surface area (Å²) < 4.78 is 0.958. The molecular formula is C22H27BrN2O2S. The molecule has 6 heteroatoms. The van der Waals surface area contributed by atoms with Crippen molar-refractivity contribution in [1.29, 1.82) is 0 Å². The van der Waals surface area contributed by atoms with Crippen LogP contribution in [0.3, 0.4) is 0 Å². The van der Waals surface area contributed by atoms with Crippen LogP contribution >= 0.6 is 27.7 Å². The molecule has 0 aliphatic rings. The van der Waals surface area contributed by atoms with E-state index in [2.05, 4.69) is 21.2 Å². The number of carbonyl (C=O) groups excluding carboxylic acids is 2. The predicted octanol–water partition coefficient (Wildman–Crippen LogP) is 4.87. The van der Waals surface area contributed by atoms with Gasteiger partial charge in [0.1, 0.15) is 6.04 Å². The van der Waals surface area contributed by atoms with Gasteiger partial charge in [-0.1, -0.05) is 53.2 Å². The van der Waals surface area contributed by atoms with Crippen LogP contribution in [0.15, 0.2) is 64.0 Å². The first-order chi connectivity index (χ1) is 13.5. The van der Waals surface area contributed by atoms with E-state index in [1.165, 1.54) is 0 Å². The maximum absolute atomic E-state index is 13.0. The third kappa shape index (κ3) is 7.32. The minimum absolute atomic E-state index is 0.0115. The topological polar surface area (TPSA) is 49.4 Å². The number of halogens is 1. The van der Waals surface area contributed by atoms with Crippen LogP contribution in [0.2, 0.25) is 0 Å². The van der Waals surface area contributed by atoms with Crippen molar-refractivity contribution in [3.8, 4) is 0 Å². The summed E-state index contributed by atoms with van der Waals surface area (Å²) in [5.74, 6) is 0.560. The van der Waals surface area contributed by atoms with E-state index >= 15 is 0 Å². The molecule has 0 spiro atoms. The molecule has 4 nitrogen and oxygen atoms in total. The van der Waals surface area contributed by atoms with Crippen LogP contribution < -0.4 is 5.32 Å². The van der Waals surface area contributed by atoms with Gasteiger partial charge >= 0.3 is 0 Å². The lowest BCUT2D eigenvalue weighted by atomic mass is 10.1. The van der Waals surface area contributed by atoms with Crippen LogP contribution in [0, 0.1) is 0 Å². The first-order valence-electron chi connectivity index (χ1n) is 9.50. The number of amides is 2. The summed E-state index contributed by atoms with van der Waals surface area (Å²) in [6.07, 6.45) is 1.25. The highest BCUT2D eigenvalue weighted by Crippen LogP contribution is 2.20. The maximum Gasteiger partial charge on any atom is 0.242 e. The molecule has 1 atom stereocenters. The number of nitrogens with one attached hydrogen (secondary N) is 1. The van der Waals surface area contributed by atoms with Crippen molar-refractivity contribution in [2.45, 2.75) is 44.2 Å². The molecule has 1 N–H and O–H groups in total. The highest BCUT2D eigenvalue weighted by molar-refractivity contribution is 9.10. The monoisotopic (exact) mass is 462 g/mol. The number of hydrogen-bond donors (Lipinski definition) is 1. The Bertz CT molecular complexity index is 770. The van der Waals surface area contributed by atoms with Gasteiger partial charge in [-0.25, -0.2) is 0 Å². The van der Waals surface area contributed by atoms with Crippen molar-refractivity contribution in [1.82, 2.24) is 10.2 Å². The smallest absolute Gasteiger partial charge is 0.242 e. The molecule has 0 radical (unpaired) electrons. The Morgan fingerprint density at radius 1 is 1.14 bits per heavy atom. The number of thioether (sulfide) groups is 1. The second-order valence-electron chi connectivity index (χ2n) is 6.53. The molecule has 0 unspecified atom stereocenters. The SMILES string of the molecule is CCCNC(=O)[C@@H](C)N(Cc1cccc(Br)c1)C(=O)CCSc1ccccc1. The summed E-state index contributed by atoms with van der Waals surface area (Å²) >= 11 is 5.12. The fourth-order valence-corrected chi connectivity index (χ4v) is 4.04. The maximum atomic E-state index is 13.0. The van der Waals surface area contributed by atoms with Gasteiger partial charge in [-0.3, -0.25) is 9.59 Å². The van der Waals surface area contributed by atoms with E-state index in [1.807, 2.05) is 61.5 Å². The molecule has 0 aliphatic carbocycles. The van der Waals surface area contributed by atoms with Crippen molar-refractivity contribution in [3.05, 3.63) is 64.6 Å². The minimum Gasteiger partial charge on any atom is -0.354 e. The Labute approximate surface area is 180 Å². The van der Waals surface area contributed by atoms with Gasteiger partial charge in [0.05, 0.1) is 0 Å². The largest absolute Gasteiger partial charge is 0.354 e. The normalized spacial score (nSPS) is 11.7.